The molecule has 2 aromatic carbocycles. The van der Waals surface area contributed by atoms with E-state index in [1.807, 2.05) is 30.0 Å². The fourth-order valence-corrected chi connectivity index (χ4v) is 5.01. The lowest BCUT2D eigenvalue weighted by Gasteiger charge is -2.28. The summed E-state index contributed by atoms with van der Waals surface area (Å²) in [5.41, 5.74) is 4.73. The van der Waals surface area contributed by atoms with Gasteiger partial charge in [0, 0.05) is 36.8 Å². The van der Waals surface area contributed by atoms with Gasteiger partial charge in [-0.2, -0.15) is 11.8 Å². The lowest BCUT2D eigenvalue weighted by Crippen LogP contribution is -2.32. The van der Waals surface area contributed by atoms with Crippen LogP contribution in [0.1, 0.15) is 35.4 Å². The molecule has 1 heterocycles. The van der Waals surface area contributed by atoms with E-state index in [9.17, 15) is 4.79 Å². The fourth-order valence-electron chi connectivity index (χ4n) is 4.03. The monoisotopic (exact) mass is 366 g/mol. The molecule has 0 bridgehead atoms. The van der Waals surface area contributed by atoms with Crippen molar-refractivity contribution in [1.29, 1.82) is 0 Å². The van der Waals surface area contributed by atoms with Crippen LogP contribution in [0.15, 0.2) is 48.5 Å². The SMILES string of the molecule is O=C(Nc1ccccc1CN1CCSCC1)C1CCCc2ccccc21. The van der Waals surface area contributed by atoms with Crippen molar-refractivity contribution in [1.82, 2.24) is 4.90 Å². The Morgan fingerprint density at radius 1 is 1.08 bits per heavy atom. The van der Waals surface area contributed by atoms with Gasteiger partial charge in [-0.15, -0.1) is 0 Å². The second-order valence-corrected chi connectivity index (χ2v) is 8.40. The normalized spacial score (nSPS) is 20.4. The molecule has 1 N–H and O–H groups in total. The first-order valence-corrected chi connectivity index (χ1v) is 10.7. The van der Waals surface area contributed by atoms with Crippen molar-refractivity contribution in [3.05, 3.63) is 65.2 Å². The Morgan fingerprint density at radius 3 is 2.73 bits per heavy atom. The minimum absolute atomic E-state index is 0.0283. The zero-order chi connectivity index (χ0) is 17.8. The molecule has 1 unspecified atom stereocenters. The molecular formula is C22H26N2OS. The number of anilines is 1. The van der Waals surface area contributed by atoms with Crippen LogP contribution in [0.3, 0.4) is 0 Å². The lowest BCUT2D eigenvalue weighted by molar-refractivity contribution is -0.117. The van der Waals surface area contributed by atoms with Gasteiger partial charge in [0.05, 0.1) is 5.92 Å². The van der Waals surface area contributed by atoms with Crippen molar-refractivity contribution in [3.8, 4) is 0 Å². The van der Waals surface area contributed by atoms with E-state index in [2.05, 4.69) is 40.5 Å². The highest BCUT2D eigenvalue weighted by atomic mass is 32.2. The van der Waals surface area contributed by atoms with Gasteiger partial charge in [-0.25, -0.2) is 0 Å². The average Bonchev–Trinajstić information content (AvgIpc) is 2.70. The Bertz CT molecular complexity index is 770. The first-order chi connectivity index (χ1) is 12.8. The van der Waals surface area contributed by atoms with E-state index in [-0.39, 0.29) is 11.8 Å². The number of amides is 1. The Labute approximate surface area is 160 Å². The summed E-state index contributed by atoms with van der Waals surface area (Å²) in [6.45, 7) is 3.17. The van der Waals surface area contributed by atoms with Crippen molar-refractivity contribution < 1.29 is 4.79 Å². The van der Waals surface area contributed by atoms with Crippen LogP contribution in [-0.4, -0.2) is 35.4 Å². The zero-order valence-corrected chi connectivity index (χ0v) is 15.9. The highest BCUT2D eigenvalue weighted by Gasteiger charge is 2.26. The Kier molecular flexibility index (Phi) is 5.61. The van der Waals surface area contributed by atoms with Crippen LogP contribution >= 0.6 is 11.8 Å². The van der Waals surface area contributed by atoms with E-state index in [4.69, 9.17) is 0 Å². The van der Waals surface area contributed by atoms with Gasteiger partial charge in [0.25, 0.3) is 0 Å². The van der Waals surface area contributed by atoms with E-state index in [1.165, 1.54) is 28.2 Å². The topological polar surface area (TPSA) is 32.3 Å². The molecule has 0 radical (unpaired) electrons. The van der Waals surface area contributed by atoms with Crippen LogP contribution in [0, 0.1) is 0 Å². The van der Waals surface area contributed by atoms with Crippen LogP contribution in [0.25, 0.3) is 0 Å². The molecule has 136 valence electrons. The number of rotatable bonds is 4. The smallest absolute Gasteiger partial charge is 0.231 e. The first kappa shape index (κ1) is 17.6. The Morgan fingerprint density at radius 2 is 1.85 bits per heavy atom. The largest absolute Gasteiger partial charge is 0.325 e. The molecule has 2 aliphatic rings. The summed E-state index contributed by atoms with van der Waals surface area (Å²) in [6, 6.07) is 16.7. The van der Waals surface area contributed by atoms with Gasteiger partial charge in [0.2, 0.25) is 5.91 Å². The number of hydrogen-bond acceptors (Lipinski definition) is 3. The third-order valence-electron chi connectivity index (χ3n) is 5.46. The number of nitrogens with one attached hydrogen (secondary N) is 1. The van der Waals surface area contributed by atoms with Crippen molar-refractivity contribution in [2.24, 2.45) is 0 Å². The van der Waals surface area contributed by atoms with Gasteiger partial charge in [0.15, 0.2) is 0 Å². The molecule has 1 atom stereocenters. The maximum atomic E-state index is 13.0. The van der Waals surface area contributed by atoms with Gasteiger partial charge in [-0.05, 0) is 42.0 Å². The molecular weight excluding hydrogens is 340 g/mol. The number of aryl methyl sites for hydroxylation is 1. The molecule has 0 aromatic heterocycles. The summed E-state index contributed by atoms with van der Waals surface area (Å²) < 4.78 is 0. The first-order valence-electron chi connectivity index (χ1n) is 9.58. The van der Waals surface area contributed by atoms with Crippen molar-refractivity contribution in [2.75, 3.05) is 29.9 Å². The summed E-state index contributed by atoms with van der Waals surface area (Å²) in [5, 5.41) is 3.24. The highest BCUT2D eigenvalue weighted by Crippen LogP contribution is 2.33. The summed E-state index contributed by atoms with van der Waals surface area (Å²) in [5.74, 6) is 2.51. The van der Waals surface area contributed by atoms with E-state index >= 15 is 0 Å². The second kappa shape index (κ2) is 8.28. The second-order valence-electron chi connectivity index (χ2n) is 7.18. The van der Waals surface area contributed by atoms with E-state index < -0.39 is 0 Å². The molecule has 1 fully saturated rings. The summed E-state index contributed by atoms with van der Waals surface area (Å²) >= 11 is 2.02. The summed E-state index contributed by atoms with van der Waals surface area (Å²) in [7, 11) is 0. The number of nitrogens with zero attached hydrogens (tertiary/aromatic N) is 1. The molecule has 4 rings (SSSR count). The van der Waals surface area contributed by atoms with Crippen LogP contribution in [0.4, 0.5) is 5.69 Å². The molecule has 4 heteroatoms. The molecule has 1 aliphatic carbocycles. The molecule has 1 aliphatic heterocycles. The minimum atomic E-state index is -0.0283. The van der Waals surface area contributed by atoms with Crippen molar-refractivity contribution >= 4 is 23.4 Å². The molecule has 1 saturated heterocycles. The molecule has 2 aromatic rings. The summed E-state index contributed by atoms with van der Waals surface area (Å²) in [4.78, 5) is 15.5. The quantitative estimate of drug-likeness (QED) is 0.876. The van der Waals surface area contributed by atoms with Gasteiger partial charge >= 0.3 is 0 Å². The number of thioether (sulfide) groups is 1. The standard InChI is InChI=1S/C22H26N2OS/c25-22(20-10-5-8-17-6-1-3-9-19(17)20)23-21-11-4-2-7-18(21)16-24-12-14-26-15-13-24/h1-4,6-7,9,11,20H,5,8,10,12-16H2,(H,23,25). The molecule has 26 heavy (non-hydrogen) atoms. The van der Waals surface area contributed by atoms with Gasteiger partial charge < -0.3 is 5.32 Å². The number of carbonyl (C=O) groups is 1. The van der Waals surface area contributed by atoms with Crippen LogP contribution < -0.4 is 5.32 Å². The van der Waals surface area contributed by atoms with Crippen LogP contribution in [-0.2, 0) is 17.8 Å². The molecule has 0 saturated carbocycles. The number of benzene rings is 2. The minimum Gasteiger partial charge on any atom is -0.325 e. The lowest BCUT2D eigenvalue weighted by atomic mass is 9.82. The third-order valence-corrected chi connectivity index (χ3v) is 6.40. The van der Waals surface area contributed by atoms with Crippen LogP contribution in [0.2, 0.25) is 0 Å². The molecule has 0 spiro atoms. The number of hydrogen-bond donors (Lipinski definition) is 1. The van der Waals surface area contributed by atoms with Gasteiger partial charge in [-0.3, -0.25) is 9.69 Å². The van der Waals surface area contributed by atoms with Crippen molar-refractivity contribution in [2.45, 2.75) is 31.7 Å². The Hall–Kier alpha value is -1.78. The maximum absolute atomic E-state index is 13.0. The van der Waals surface area contributed by atoms with Crippen molar-refractivity contribution in [3.63, 3.8) is 0 Å². The van der Waals surface area contributed by atoms with Gasteiger partial charge in [0.1, 0.15) is 0 Å². The maximum Gasteiger partial charge on any atom is 0.231 e. The van der Waals surface area contributed by atoms with E-state index in [0.717, 1.165) is 44.6 Å². The molecule has 3 nitrogen and oxygen atoms in total. The Balaban J connectivity index is 1.50. The average molecular weight is 367 g/mol. The number of fused-ring (bicyclic) bond motifs is 1. The predicted molar refractivity (Wildman–Crippen MR) is 110 cm³/mol. The van der Waals surface area contributed by atoms with Gasteiger partial charge in [-0.1, -0.05) is 42.5 Å². The molecule has 1 amide bonds. The van der Waals surface area contributed by atoms with Crippen LogP contribution in [0.5, 0.6) is 0 Å². The third kappa shape index (κ3) is 3.97. The summed E-state index contributed by atoms with van der Waals surface area (Å²) in [6.07, 6.45) is 3.11. The van der Waals surface area contributed by atoms with E-state index in [1.54, 1.807) is 0 Å². The predicted octanol–water partition coefficient (Wildman–Crippen LogP) is 4.29. The van der Waals surface area contributed by atoms with E-state index in [0.29, 0.717) is 0 Å². The highest BCUT2D eigenvalue weighted by molar-refractivity contribution is 7.99. The number of para-hydroxylation sites is 1. The number of carbonyl (C=O) groups excluding carboxylic acids is 1. The zero-order valence-electron chi connectivity index (χ0n) is 15.1. The fraction of sp³-hybridized carbons (Fsp3) is 0.409.